The monoisotopic (exact) mass is 291 g/mol. The van der Waals surface area contributed by atoms with E-state index >= 15 is 0 Å². The second-order valence-corrected chi connectivity index (χ2v) is 5.90. The molecule has 0 amide bonds. The van der Waals surface area contributed by atoms with Crippen molar-refractivity contribution in [3.8, 4) is 5.82 Å². The highest BCUT2D eigenvalue weighted by molar-refractivity contribution is 6.61. The van der Waals surface area contributed by atoms with Gasteiger partial charge in [0.1, 0.15) is 7.67 Å². The molecule has 0 atom stereocenters. The Hall–Kier alpha value is -1.73. The van der Waals surface area contributed by atoms with E-state index in [2.05, 4.69) is 15.0 Å². The lowest BCUT2D eigenvalue weighted by molar-refractivity contribution is 0.00578. The van der Waals surface area contributed by atoms with Gasteiger partial charge in [-0.1, -0.05) is 0 Å². The molecule has 0 saturated carbocycles. The van der Waals surface area contributed by atoms with E-state index in [4.69, 9.17) is 16.2 Å². The van der Waals surface area contributed by atoms with E-state index in [1.54, 1.807) is 0 Å². The predicted octanol–water partition coefficient (Wildman–Crippen LogP) is 1.27. The standard InChI is InChI=1S/C14H19BN4O2/c1-10-8-19(9-18-10)12-7-16-11(6-17-12)15-20-13(2,3)14(4,5)21-15/h6-9H,1-5H3/i1D3,8D,9D. The Labute approximate surface area is 131 Å². The van der Waals surface area contributed by atoms with Crippen molar-refractivity contribution in [2.45, 2.75) is 45.7 Å². The van der Waals surface area contributed by atoms with Crippen LogP contribution in [0.5, 0.6) is 0 Å². The maximum absolute atomic E-state index is 7.99. The minimum absolute atomic E-state index is 0.128. The van der Waals surface area contributed by atoms with Crippen LogP contribution < -0.4 is 5.59 Å². The molecule has 1 fully saturated rings. The summed E-state index contributed by atoms with van der Waals surface area (Å²) in [6.45, 7) is 5.13. The van der Waals surface area contributed by atoms with Gasteiger partial charge in [0.15, 0.2) is 5.82 Å². The van der Waals surface area contributed by atoms with Crippen LogP contribution >= 0.6 is 0 Å². The van der Waals surface area contributed by atoms with Crippen molar-refractivity contribution in [2.75, 3.05) is 0 Å². The summed E-state index contributed by atoms with van der Waals surface area (Å²) in [6, 6.07) is 0. The number of hydrogen-bond acceptors (Lipinski definition) is 5. The molecule has 2 aromatic rings. The van der Waals surface area contributed by atoms with Gasteiger partial charge in [0.25, 0.3) is 0 Å². The summed E-state index contributed by atoms with van der Waals surface area (Å²) in [6.07, 6.45) is 1.96. The highest BCUT2D eigenvalue weighted by Crippen LogP contribution is 2.36. The SMILES string of the molecule is [2H]c1nc(C([2H])([2H])[2H])c([2H])n1-c1cnc(B2OC(C)(C)C(C)(C)O2)cn1. The molecule has 0 aliphatic carbocycles. The van der Waals surface area contributed by atoms with Gasteiger partial charge in [0, 0.05) is 16.5 Å². The van der Waals surface area contributed by atoms with Crippen LogP contribution in [0.4, 0.5) is 0 Å². The smallest absolute Gasteiger partial charge is 0.398 e. The number of imidazole rings is 1. The molecule has 0 aromatic carbocycles. The summed E-state index contributed by atoms with van der Waals surface area (Å²) in [5.41, 5.74) is -1.03. The van der Waals surface area contributed by atoms with Gasteiger partial charge in [-0.25, -0.2) is 9.97 Å². The summed E-state index contributed by atoms with van der Waals surface area (Å²) < 4.78 is 50.8. The molecule has 1 saturated heterocycles. The molecule has 1 aliphatic rings. The van der Waals surface area contributed by atoms with Gasteiger partial charge >= 0.3 is 7.12 Å². The number of nitrogens with zero attached hydrogens (tertiary/aromatic N) is 4. The van der Waals surface area contributed by atoms with E-state index in [1.165, 1.54) is 12.4 Å². The quantitative estimate of drug-likeness (QED) is 0.780. The normalized spacial score (nSPS) is 24.0. The van der Waals surface area contributed by atoms with Crippen molar-refractivity contribution in [2.24, 2.45) is 0 Å². The highest BCUT2D eigenvalue weighted by atomic mass is 16.7. The predicted molar refractivity (Wildman–Crippen MR) is 79.6 cm³/mol. The molecular formula is C14H19BN4O2. The summed E-state index contributed by atoms with van der Waals surface area (Å²) in [5, 5.41) is 0. The first kappa shape index (κ1) is 9.32. The number of aromatic nitrogens is 4. The Morgan fingerprint density at radius 3 is 2.38 bits per heavy atom. The fraction of sp³-hybridized carbons (Fsp3) is 0.500. The fourth-order valence-electron chi connectivity index (χ4n) is 1.90. The molecule has 3 rings (SSSR count). The molecule has 110 valence electrons. The van der Waals surface area contributed by atoms with Crippen LogP contribution in [0.3, 0.4) is 0 Å². The van der Waals surface area contributed by atoms with Gasteiger partial charge < -0.3 is 9.31 Å². The van der Waals surface area contributed by atoms with Crippen molar-refractivity contribution < 1.29 is 16.2 Å². The molecule has 1 aliphatic heterocycles. The third-order valence-electron chi connectivity index (χ3n) is 3.86. The minimum Gasteiger partial charge on any atom is -0.398 e. The molecule has 7 heteroatoms. The summed E-state index contributed by atoms with van der Waals surface area (Å²) in [5.74, 6) is 0.128. The fourth-order valence-corrected chi connectivity index (χ4v) is 1.90. The number of aryl methyl sites for hydroxylation is 1. The Bertz CT molecular complexity index is 819. The second-order valence-electron chi connectivity index (χ2n) is 5.90. The van der Waals surface area contributed by atoms with Gasteiger partial charge in [-0.05, 0) is 34.5 Å². The second kappa shape index (κ2) is 4.64. The molecule has 0 N–H and O–H groups in total. The minimum atomic E-state index is -2.58. The molecule has 0 unspecified atom stereocenters. The van der Waals surface area contributed by atoms with Crippen molar-refractivity contribution >= 4 is 12.7 Å². The van der Waals surface area contributed by atoms with E-state index in [-0.39, 0.29) is 12.1 Å². The molecule has 0 spiro atoms. The van der Waals surface area contributed by atoms with E-state index < -0.39 is 37.0 Å². The first-order valence-electron chi connectivity index (χ1n) is 9.08. The maximum Gasteiger partial charge on any atom is 0.516 e. The van der Waals surface area contributed by atoms with Gasteiger partial charge in [0.2, 0.25) is 0 Å². The van der Waals surface area contributed by atoms with E-state index in [9.17, 15) is 0 Å². The third kappa shape index (κ3) is 2.47. The molecule has 2 aromatic heterocycles. The van der Waals surface area contributed by atoms with E-state index in [0.29, 0.717) is 5.59 Å². The number of rotatable bonds is 2. The van der Waals surface area contributed by atoms with E-state index in [1.807, 2.05) is 27.7 Å². The Balaban J connectivity index is 1.92. The topological polar surface area (TPSA) is 62.1 Å². The zero-order valence-electron chi connectivity index (χ0n) is 17.3. The first-order valence-corrected chi connectivity index (χ1v) is 6.58. The Morgan fingerprint density at radius 1 is 1.14 bits per heavy atom. The average molecular weight is 291 g/mol. The lowest BCUT2D eigenvalue weighted by Crippen LogP contribution is -2.41. The average Bonchev–Trinajstić information content (AvgIpc) is 2.92. The van der Waals surface area contributed by atoms with Crippen LogP contribution in [0, 0.1) is 6.85 Å². The van der Waals surface area contributed by atoms with Crippen LogP contribution in [0.1, 0.15) is 40.2 Å². The maximum atomic E-state index is 7.99. The molecule has 0 radical (unpaired) electrons. The Morgan fingerprint density at radius 2 is 1.86 bits per heavy atom. The van der Waals surface area contributed by atoms with Crippen molar-refractivity contribution in [3.05, 3.63) is 30.6 Å². The zero-order chi connectivity index (χ0) is 19.5. The van der Waals surface area contributed by atoms with E-state index in [0.717, 1.165) is 4.57 Å². The highest BCUT2D eigenvalue weighted by Gasteiger charge is 2.52. The molecule has 6 nitrogen and oxygen atoms in total. The third-order valence-corrected chi connectivity index (χ3v) is 3.86. The molecule has 21 heavy (non-hydrogen) atoms. The van der Waals surface area contributed by atoms with Crippen molar-refractivity contribution in [1.82, 2.24) is 19.5 Å². The summed E-state index contributed by atoms with van der Waals surface area (Å²) >= 11 is 0. The van der Waals surface area contributed by atoms with Crippen LogP contribution in [0.25, 0.3) is 5.82 Å². The van der Waals surface area contributed by atoms with Gasteiger partial charge in [-0.15, -0.1) is 0 Å². The van der Waals surface area contributed by atoms with Crippen molar-refractivity contribution in [1.29, 1.82) is 0 Å². The molecular weight excluding hydrogens is 267 g/mol. The number of hydrogen-bond donors (Lipinski definition) is 0. The first-order chi connectivity index (χ1) is 11.8. The lowest BCUT2D eigenvalue weighted by atomic mass is 9.85. The van der Waals surface area contributed by atoms with Crippen molar-refractivity contribution in [3.63, 3.8) is 0 Å². The Kier molecular flexibility index (Phi) is 2.06. The molecule has 3 heterocycles. The zero-order valence-corrected chi connectivity index (χ0v) is 12.3. The van der Waals surface area contributed by atoms with Crippen LogP contribution in [-0.4, -0.2) is 37.8 Å². The van der Waals surface area contributed by atoms with Crippen LogP contribution in [0.15, 0.2) is 24.9 Å². The lowest BCUT2D eigenvalue weighted by Gasteiger charge is -2.32. The summed E-state index contributed by atoms with van der Waals surface area (Å²) in [4.78, 5) is 12.1. The summed E-state index contributed by atoms with van der Waals surface area (Å²) in [7, 11) is -0.687. The van der Waals surface area contributed by atoms with Gasteiger partial charge in [-0.2, -0.15) is 0 Å². The van der Waals surface area contributed by atoms with Gasteiger partial charge in [0.05, 0.1) is 30.1 Å². The van der Waals surface area contributed by atoms with Crippen LogP contribution in [0.2, 0.25) is 0 Å². The largest absolute Gasteiger partial charge is 0.516 e. The van der Waals surface area contributed by atoms with Crippen LogP contribution in [-0.2, 0) is 9.31 Å². The molecule has 0 bridgehead atoms. The van der Waals surface area contributed by atoms with Gasteiger partial charge in [-0.3, -0.25) is 9.55 Å².